The molecule has 2 aromatic rings. The number of furan rings is 1. The van der Waals surface area contributed by atoms with Crippen LogP contribution in [0.5, 0.6) is 0 Å². The number of rotatable bonds is 7. The fourth-order valence-corrected chi connectivity index (χ4v) is 2.38. The van der Waals surface area contributed by atoms with Crippen molar-refractivity contribution < 1.29 is 9.21 Å². The average Bonchev–Trinajstić information content (AvgIpc) is 3.06. The maximum absolute atomic E-state index is 12.5. The molecule has 23 heavy (non-hydrogen) atoms. The highest BCUT2D eigenvalue weighted by atomic mass is 16.3. The minimum absolute atomic E-state index is 0.103. The van der Waals surface area contributed by atoms with E-state index in [1.54, 1.807) is 11.2 Å². The van der Waals surface area contributed by atoms with Crippen LogP contribution in [-0.4, -0.2) is 50.1 Å². The SMILES string of the molecule is CN(C)CCCN(C)C(=O)N[C@H](c1ccccc1)c1ccco1. The lowest BCUT2D eigenvalue weighted by molar-refractivity contribution is 0.202. The van der Waals surface area contributed by atoms with Gasteiger partial charge in [0.2, 0.25) is 0 Å². The summed E-state index contributed by atoms with van der Waals surface area (Å²) < 4.78 is 5.50. The van der Waals surface area contributed by atoms with Crippen LogP contribution in [0.2, 0.25) is 0 Å². The molecule has 0 aliphatic carbocycles. The topological polar surface area (TPSA) is 48.7 Å². The number of amides is 2. The zero-order valence-electron chi connectivity index (χ0n) is 14.0. The lowest BCUT2D eigenvalue weighted by Gasteiger charge is -2.23. The van der Waals surface area contributed by atoms with Crippen molar-refractivity contribution in [3.63, 3.8) is 0 Å². The van der Waals surface area contributed by atoms with E-state index in [4.69, 9.17) is 4.42 Å². The smallest absolute Gasteiger partial charge is 0.317 e. The number of nitrogens with one attached hydrogen (secondary N) is 1. The van der Waals surface area contributed by atoms with Crippen molar-refractivity contribution >= 4 is 6.03 Å². The molecule has 2 amide bonds. The van der Waals surface area contributed by atoms with Gasteiger partial charge in [-0.05, 0) is 44.8 Å². The van der Waals surface area contributed by atoms with Crippen molar-refractivity contribution in [2.24, 2.45) is 0 Å². The second-order valence-corrected chi connectivity index (χ2v) is 5.89. The maximum Gasteiger partial charge on any atom is 0.317 e. The van der Waals surface area contributed by atoms with Gasteiger partial charge in [0.15, 0.2) is 0 Å². The second-order valence-electron chi connectivity index (χ2n) is 5.89. The highest BCUT2D eigenvalue weighted by Gasteiger charge is 2.20. The first kappa shape index (κ1) is 17.1. The molecule has 1 N–H and O–H groups in total. The molecule has 1 heterocycles. The van der Waals surface area contributed by atoms with Crippen LogP contribution in [0, 0.1) is 0 Å². The van der Waals surface area contributed by atoms with Gasteiger partial charge in [0.25, 0.3) is 0 Å². The Morgan fingerprint density at radius 1 is 1.09 bits per heavy atom. The molecule has 1 aromatic heterocycles. The largest absolute Gasteiger partial charge is 0.467 e. The number of nitrogens with zero attached hydrogens (tertiary/aromatic N) is 2. The Morgan fingerprint density at radius 3 is 2.43 bits per heavy atom. The molecule has 124 valence electrons. The van der Waals surface area contributed by atoms with E-state index in [1.807, 2.05) is 63.6 Å². The summed E-state index contributed by atoms with van der Waals surface area (Å²) in [6.45, 7) is 1.67. The van der Waals surface area contributed by atoms with Crippen LogP contribution < -0.4 is 5.32 Å². The highest BCUT2D eigenvalue weighted by molar-refractivity contribution is 5.74. The molecule has 1 aromatic carbocycles. The fraction of sp³-hybridized carbons (Fsp3) is 0.389. The summed E-state index contributed by atoms with van der Waals surface area (Å²) in [6.07, 6.45) is 2.56. The molecule has 0 radical (unpaired) electrons. The summed E-state index contributed by atoms with van der Waals surface area (Å²) in [7, 11) is 5.88. The molecule has 0 saturated carbocycles. The van der Waals surface area contributed by atoms with Crippen molar-refractivity contribution in [1.29, 1.82) is 0 Å². The number of benzene rings is 1. The number of carbonyl (C=O) groups is 1. The predicted octanol–water partition coefficient (Wildman–Crippen LogP) is 2.96. The molecule has 0 saturated heterocycles. The highest BCUT2D eigenvalue weighted by Crippen LogP contribution is 2.22. The van der Waals surface area contributed by atoms with Crippen LogP contribution in [0.25, 0.3) is 0 Å². The van der Waals surface area contributed by atoms with Gasteiger partial charge in [-0.25, -0.2) is 4.79 Å². The lowest BCUT2D eigenvalue weighted by atomic mass is 10.0. The zero-order valence-corrected chi connectivity index (χ0v) is 14.0. The number of hydrogen-bond acceptors (Lipinski definition) is 3. The van der Waals surface area contributed by atoms with Gasteiger partial charge in [-0.15, -0.1) is 0 Å². The molecular weight excluding hydrogens is 290 g/mol. The van der Waals surface area contributed by atoms with Gasteiger partial charge in [0.05, 0.1) is 6.26 Å². The Kier molecular flexibility index (Phi) is 6.23. The monoisotopic (exact) mass is 315 g/mol. The fourth-order valence-electron chi connectivity index (χ4n) is 2.38. The van der Waals surface area contributed by atoms with Crippen molar-refractivity contribution in [3.8, 4) is 0 Å². The van der Waals surface area contributed by atoms with Crippen LogP contribution in [0.15, 0.2) is 53.1 Å². The third kappa shape index (κ3) is 5.14. The number of hydrogen-bond donors (Lipinski definition) is 1. The van der Waals surface area contributed by atoms with Gasteiger partial charge in [-0.2, -0.15) is 0 Å². The van der Waals surface area contributed by atoms with E-state index in [9.17, 15) is 4.79 Å². The minimum atomic E-state index is -0.282. The standard InChI is InChI=1S/C18H25N3O2/c1-20(2)12-8-13-21(3)18(22)19-17(16-11-7-14-23-16)15-9-5-4-6-10-15/h4-7,9-11,14,17H,8,12-13H2,1-3H3,(H,19,22)/t17-/m1/s1. The summed E-state index contributed by atoms with van der Waals surface area (Å²) in [4.78, 5) is 16.3. The van der Waals surface area contributed by atoms with Gasteiger partial charge in [-0.3, -0.25) is 0 Å². The van der Waals surface area contributed by atoms with Gasteiger partial charge in [-0.1, -0.05) is 30.3 Å². The quantitative estimate of drug-likeness (QED) is 0.854. The van der Waals surface area contributed by atoms with Crippen molar-refractivity contribution in [1.82, 2.24) is 15.1 Å². The molecule has 5 heteroatoms. The van der Waals surface area contributed by atoms with E-state index in [0.717, 1.165) is 24.3 Å². The van der Waals surface area contributed by atoms with Crippen LogP contribution in [0.3, 0.4) is 0 Å². The molecule has 2 rings (SSSR count). The Bertz CT molecular complexity index is 582. The molecule has 1 atom stereocenters. The van der Waals surface area contributed by atoms with Gasteiger partial charge >= 0.3 is 6.03 Å². The molecule has 0 aliphatic heterocycles. The molecule has 0 spiro atoms. The third-order valence-corrected chi connectivity index (χ3v) is 3.67. The number of carbonyl (C=O) groups excluding carboxylic acids is 1. The normalized spacial score (nSPS) is 12.2. The van der Waals surface area contributed by atoms with Crippen molar-refractivity contribution in [2.75, 3.05) is 34.2 Å². The summed E-state index contributed by atoms with van der Waals surface area (Å²) in [5.74, 6) is 0.728. The average molecular weight is 315 g/mol. The van der Waals surface area contributed by atoms with Crippen LogP contribution in [0.1, 0.15) is 23.8 Å². The lowest BCUT2D eigenvalue weighted by Crippen LogP contribution is -2.40. The Balaban J connectivity index is 2.02. The van der Waals surface area contributed by atoms with Gasteiger partial charge in [0.1, 0.15) is 11.8 Å². The molecule has 0 aliphatic rings. The first-order valence-corrected chi connectivity index (χ1v) is 7.82. The van der Waals surface area contributed by atoms with Crippen molar-refractivity contribution in [3.05, 3.63) is 60.1 Å². The van der Waals surface area contributed by atoms with Crippen molar-refractivity contribution in [2.45, 2.75) is 12.5 Å². The summed E-state index contributed by atoms with van der Waals surface area (Å²) in [6, 6.07) is 13.2. The van der Waals surface area contributed by atoms with Crippen LogP contribution >= 0.6 is 0 Å². The van der Waals surface area contributed by atoms with E-state index >= 15 is 0 Å². The van der Waals surface area contributed by atoms with E-state index in [0.29, 0.717) is 6.54 Å². The minimum Gasteiger partial charge on any atom is -0.467 e. The summed E-state index contributed by atoms with van der Waals surface area (Å²) >= 11 is 0. The van der Waals surface area contributed by atoms with Gasteiger partial charge < -0.3 is 19.5 Å². The Morgan fingerprint density at radius 2 is 1.83 bits per heavy atom. The van der Waals surface area contributed by atoms with Crippen LogP contribution in [0.4, 0.5) is 4.79 Å². The van der Waals surface area contributed by atoms with E-state index in [1.165, 1.54) is 0 Å². The maximum atomic E-state index is 12.5. The van der Waals surface area contributed by atoms with Gasteiger partial charge in [0, 0.05) is 13.6 Å². The molecule has 5 nitrogen and oxygen atoms in total. The Labute approximate surface area is 137 Å². The first-order chi connectivity index (χ1) is 11.1. The molecule has 0 unspecified atom stereocenters. The van der Waals surface area contributed by atoms with Crippen LogP contribution in [-0.2, 0) is 0 Å². The molecule has 0 fully saturated rings. The summed E-state index contributed by atoms with van der Waals surface area (Å²) in [5, 5.41) is 3.05. The van der Waals surface area contributed by atoms with E-state index in [-0.39, 0.29) is 12.1 Å². The summed E-state index contributed by atoms with van der Waals surface area (Å²) in [5.41, 5.74) is 0.998. The predicted molar refractivity (Wildman–Crippen MR) is 91.3 cm³/mol. The first-order valence-electron chi connectivity index (χ1n) is 7.82. The van der Waals surface area contributed by atoms with E-state index in [2.05, 4.69) is 10.2 Å². The zero-order chi connectivity index (χ0) is 16.7. The molecular formula is C18H25N3O2. The molecule has 0 bridgehead atoms. The third-order valence-electron chi connectivity index (χ3n) is 3.67. The number of urea groups is 1. The second kappa shape index (κ2) is 8.39. The Hall–Kier alpha value is -2.27. The van der Waals surface area contributed by atoms with E-state index < -0.39 is 0 Å².